The molecule has 0 N–H and O–H groups in total. The van der Waals surface area contributed by atoms with Gasteiger partial charge in [0.2, 0.25) is 0 Å². The number of carbonyl (C=O) groups excluding carboxylic acids is 1. The van der Waals surface area contributed by atoms with Crippen molar-refractivity contribution in [3.05, 3.63) is 100 Å². The van der Waals surface area contributed by atoms with Crippen molar-refractivity contribution in [1.82, 2.24) is 4.90 Å². The molecule has 0 radical (unpaired) electrons. The van der Waals surface area contributed by atoms with Crippen LogP contribution in [0.3, 0.4) is 0 Å². The Balaban J connectivity index is 1.57. The Bertz CT molecular complexity index is 1110. The van der Waals surface area contributed by atoms with Gasteiger partial charge in [0.05, 0.1) is 0 Å². The zero-order valence-electron chi connectivity index (χ0n) is 21.6. The second-order valence-electron chi connectivity index (χ2n) is 9.96. The van der Waals surface area contributed by atoms with Crippen LogP contribution >= 0.6 is 11.6 Å². The minimum atomic E-state index is -4.94. The van der Waals surface area contributed by atoms with E-state index < -0.39 is 17.6 Å². The molecule has 0 saturated heterocycles. The van der Waals surface area contributed by atoms with Crippen LogP contribution in [-0.4, -0.2) is 42.6 Å². The lowest BCUT2D eigenvalue weighted by Gasteiger charge is -2.26. The molecule has 0 heterocycles. The summed E-state index contributed by atoms with van der Waals surface area (Å²) < 4.78 is 43.7. The Morgan fingerprint density at radius 1 is 0.919 bits per heavy atom. The Morgan fingerprint density at radius 2 is 1.46 bits per heavy atom. The molecule has 1 unspecified atom stereocenters. The Morgan fingerprint density at radius 3 is 2.00 bits per heavy atom. The molecule has 7 heteroatoms. The molecular formula is C30H33ClF3NO2. The fraction of sp³-hybridized carbons (Fsp3) is 0.367. The van der Waals surface area contributed by atoms with Gasteiger partial charge in [-0.15, -0.1) is 0 Å². The first-order valence-corrected chi connectivity index (χ1v) is 12.6. The summed E-state index contributed by atoms with van der Waals surface area (Å²) in [6.45, 7) is 6.05. The van der Waals surface area contributed by atoms with Crippen molar-refractivity contribution < 1.29 is 22.7 Å². The summed E-state index contributed by atoms with van der Waals surface area (Å²) in [4.78, 5) is 13.9. The maximum atomic E-state index is 12.8. The van der Waals surface area contributed by atoms with Crippen molar-refractivity contribution in [2.75, 3.05) is 20.1 Å². The van der Waals surface area contributed by atoms with Crippen molar-refractivity contribution >= 4 is 17.4 Å². The maximum Gasteiger partial charge on any atom is 0.454 e. The molecule has 0 aliphatic rings. The van der Waals surface area contributed by atoms with Gasteiger partial charge in [0.15, 0.2) is 5.60 Å². The smallest absolute Gasteiger partial charge is 0.454 e. The first kappa shape index (κ1) is 28.7. The van der Waals surface area contributed by atoms with Gasteiger partial charge < -0.3 is 9.64 Å². The number of hydrogen-bond donors (Lipinski definition) is 0. The fourth-order valence-electron chi connectivity index (χ4n) is 4.26. The van der Waals surface area contributed by atoms with Crippen LogP contribution in [-0.2, 0) is 11.2 Å². The summed E-state index contributed by atoms with van der Waals surface area (Å²) in [5, 5.41) is 0.715. The van der Waals surface area contributed by atoms with Crippen LogP contribution in [0.1, 0.15) is 48.4 Å². The number of carbonyl (C=O) groups is 1. The lowest BCUT2D eigenvalue weighted by atomic mass is 9.90. The van der Waals surface area contributed by atoms with Crippen LogP contribution in [0, 0.1) is 6.92 Å². The van der Waals surface area contributed by atoms with E-state index in [9.17, 15) is 18.0 Å². The average Bonchev–Trinajstić information content (AvgIpc) is 2.84. The molecule has 0 fully saturated rings. The molecule has 0 aliphatic carbocycles. The molecule has 0 amide bonds. The summed E-state index contributed by atoms with van der Waals surface area (Å²) >= 11 is 6.11. The van der Waals surface area contributed by atoms with E-state index in [1.54, 1.807) is 12.1 Å². The van der Waals surface area contributed by atoms with Gasteiger partial charge in [-0.1, -0.05) is 65.7 Å². The molecule has 3 nitrogen and oxygen atoms in total. The summed E-state index contributed by atoms with van der Waals surface area (Å²) in [6, 6.07) is 23.5. The van der Waals surface area contributed by atoms with E-state index in [1.165, 1.54) is 16.7 Å². The summed E-state index contributed by atoms with van der Waals surface area (Å²) in [6.07, 6.45) is -3.22. The molecule has 3 aromatic rings. The Labute approximate surface area is 222 Å². The van der Waals surface area contributed by atoms with Gasteiger partial charge in [-0.2, -0.15) is 13.2 Å². The maximum absolute atomic E-state index is 12.8. The van der Waals surface area contributed by atoms with Gasteiger partial charge in [-0.3, -0.25) is 4.79 Å². The molecule has 0 saturated carbocycles. The van der Waals surface area contributed by atoms with Crippen molar-refractivity contribution in [2.45, 2.75) is 51.3 Å². The largest absolute Gasteiger partial charge is 0.480 e. The summed E-state index contributed by atoms with van der Waals surface area (Å²) in [5.74, 6) is -1.47. The number of ketones is 1. The number of hydrogen-bond acceptors (Lipinski definition) is 3. The molecule has 3 aromatic carbocycles. The van der Waals surface area contributed by atoms with Gasteiger partial charge >= 0.3 is 6.18 Å². The number of likely N-dealkylation sites (N-methyl/N-ethyl adjacent to an activating group) is 1. The lowest BCUT2D eigenvalue weighted by Crippen LogP contribution is -2.46. The molecule has 37 heavy (non-hydrogen) atoms. The van der Waals surface area contributed by atoms with Crippen molar-refractivity contribution in [3.8, 4) is 5.75 Å². The standard InChI is InChI=1S/C30H33ClF3NO2/c1-21-7-11-23(12-8-21)27(24-13-15-25(31)16-14-24)20-35(4)19-5-6-22-9-17-26(18-10-22)37-29(2,3)28(36)30(32,33)34/h7-18,27H,5-6,19-20H2,1-4H3. The minimum absolute atomic E-state index is 0.210. The van der Waals surface area contributed by atoms with E-state index in [4.69, 9.17) is 16.3 Å². The number of benzene rings is 3. The monoisotopic (exact) mass is 531 g/mol. The Hall–Kier alpha value is -2.83. The summed E-state index contributed by atoms with van der Waals surface area (Å²) in [5.41, 5.74) is 2.75. The fourth-order valence-corrected chi connectivity index (χ4v) is 4.39. The summed E-state index contributed by atoms with van der Waals surface area (Å²) in [7, 11) is 2.10. The van der Waals surface area contributed by atoms with Crippen LogP contribution in [0.4, 0.5) is 13.2 Å². The second kappa shape index (κ2) is 12.1. The molecule has 3 rings (SSSR count). The highest BCUT2D eigenvalue weighted by molar-refractivity contribution is 6.30. The first-order valence-electron chi connectivity index (χ1n) is 12.3. The van der Waals surface area contributed by atoms with Gasteiger partial charge in [0.1, 0.15) is 5.75 Å². The molecule has 198 valence electrons. The zero-order chi connectivity index (χ0) is 27.2. The highest BCUT2D eigenvalue weighted by Gasteiger charge is 2.49. The van der Waals surface area contributed by atoms with E-state index in [2.05, 4.69) is 55.3 Å². The second-order valence-corrected chi connectivity index (χ2v) is 10.4. The van der Waals surface area contributed by atoms with Gasteiger partial charge in [0.25, 0.3) is 5.78 Å². The molecule has 0 spiro atoms. The highest BCUT2D eigenvalue weighted by atomic mass is 35.5. The van der Waals surface area contributed by atoms with Gasteiger partial charge in [-0.05, 0) is 88.2 Å². The van der Waals surface area contributed by atoms with E-state index in [0.29, 0.717) is 5.02 Å². The van der Waals surface area contributed by atoms with E-state index in [1.807, 2.05) is 24.3 Å². The SMILES string of the molecule is Cc1ccc(C(CN(C)CCCc2ccc(OC(C)(C)C(=O)C(F)(F)F)cc2)c2ccc(Cl)cc2)cc1. The average molecular weight is 532 g/mol. The zero-order valence-corrected chi connectivity index (χ0v) is 22.4. The number of halogens is 4. The van der Waals surface area contributed by atoms with Crippen LogP contribution in [0.25, 0.3) is 0 Å². The number of aryl methyl sites for hydroxylation is 2. The van der Waals surface area contributed by atoms with Crippen molar-refractivity contribution in [2.24, 2.45) is 0 Å². The number of rotatable bonds is 11. The lowest BCUT2D eigenvalue weighted by molar-refractivity contribution is -0.184. The Kier molecular flexibility index (Phi) is 9.43. The molecular weight excluding hydrogens is 499 g/mol. The van der Waals surface area contributed by atoms with E-state index in [0.717, 1.165) is 45.3 Å². The van der Waals surface area contributed by atoms with Crippen LogP contribution in [0.2, 0.25) is 5.02 Å². The van der Waals surface area contributed by atoms with Crippen LogP contribution in [0.5, 0.6) is 5.75 Å². The predicted molar refractivity (Wildman–Crippen MR) is 143 cm³/mol. The molecule has 1 atom stereocenters. The number of nitrogens with zero attached hydrogens (tertiary/aromatic N) is 1. The number of alkyl halides is 3. The van der Waals surface area contributed by atoms with E-state index in [-0.39, 0.29) is 11.7 Å². The number of Topliss-reactive ketones (excluding diaryl/α,β-unsaturated/α-hetero) is 1. The third-order valence-corrected chi connectivity index (χ3v) is 6.60. The van der Waals surface area contributed by atoms with Crippen LogP contribution < -0.4 is 4.74 Å². The highest BCUT2D eigenvalue weighted by Crippen LogP contribution is 2.29. The first-order chi connectivity index (χ1) is 17.3. The molecule has 0 bridgehead atoms. The van der Waals surface area contributed by atoms with Crippen molar-refractivity contribution in [1.29, 1.82) is 0 Å². The number of ether oxygens (including phenoxy) is 1. The molecule has 0 aromatic heterocycles. The molecule has 0 aliphatic heterocycles. The predicted octanol–water partition coefficient (Wildman–Crippen LogP) is 7.63. The normalized spacial score (nSPS) is 13.0. The topological polar surface area (TPSA) is 29.5 Å². The third-order valence-electron chi connectivity index (χ3n) is 6.35. The van der Waals surface area contributed by atoms with Gasteiger partial charge in [0, 0.05) is 17.5 Å². The minimum Gasteiger partial charge on any atom is -0.480 e. The van der Waals surface area contributed by atoms with E-state index >= 15 is 0 Å². The quantitative estimate of drug-likeness (QED) is 0.255. The van der Waals surface area contributed by atoms with Crippen LogP contribution in [0.15, 0.2) is 72.8 Å². The van der Waals surface area contributed by atoms with Gasteiger partial charge in [-0.25, -0.2) is 0 Å². The van der Waals surface area contributed by atoms with Crippen molar-refractivity contribution in [3.63, 3.8) is 0 Å². The third kappa shape index (κ3) is 8.34.